The highest BCUT2D eigenvalue weighted by molar-refractivity contribution is 7.92. The monoisotopic (exact) mass is 428 g/mol. The summed E-state index contributed by atoms with van der Waals surface area (Å²) < 4.78 is 62.5. The first-order valence-corrected chi connectivity index (χ1v) is 10.4. The molecule has 1 amide bonds. The third kappa shape index (κ3) is 5.57. The maximum absolute atomic E-state index is 14.1. The molecule has 0 spiro atoms. The molecule has 0 aliphatic rings. The summed E-state index contributed by atoms with van der Waals surface area (Å²) >= 11 is 0. The van der Waals surface area contributed by atoms with Crippen LogP contribution in [0.25, 0.3) is 0 Å². The minimum Gasteiger partial charge on any atom is -0.497 e. The first-order valence-electron chi connectivity index (χ1n) is 8.51. The van der Waals surface area contributed by atoms with Gasteiger partial charge in [-0.05, 0) is 37.3 Å². The smallest absolute Gasteiger partial charge is 0.241 e. The molecular weight excluding hydrogens is 406 g/mol. The molecule has 29 heavy (non-hydrogen) atoms. The predicted octanol–water partition coefficient (Wildman–Crippen LogP) is 2.63. The molecule has 0 aliphatic carbocycles. The third-order valence-electron chi connectivity index (χ3n) is 4.15. The quantitative estimate of drug-likeness (QED) is 0.699. The normalized spacial score (nSPS) is 12.2. The van der Waals surface area contributed by atoms with Crippen LogP contribution in [0, 0.1) is 11.6 Å². The molecule has 2 aromatic carbocycles. The van der Waals surface area contributed by atoms with Gasteiger partial charge in [-0.25, -0.2) is 17.2 Å². The minimum atomic E-state index is -4.01. The fourth-order valence-corrected chi connectivity index (χ4v) is 3.59. The summed E-state index contributed by atoms with van der Waals surface area (Å²) in [6.45, 7) is 0.996. The molecule has 0 fully saturated rings. The number of ether oxygens (including phenoxy) is 2. The van der Waals surface area contributed by atoms with Crippen LogP contribution in [0.4, 0.5) is 14.5 Å². The van der Waals surface area contributed by atoms with Gasteiger partial charge in [0.25, 0.3) is 0 Å². The topological polar surface area (TPSA) is 84.9 Å². The number of anilines is 1. The molecule has 2 rings (SSSR count). The number of hydrogen-bond acceptors (Lipinski definition) is 5. The first-order chi connectivity index (χ1) is 13.6. The Balaban J connectivity index is 2.25. The Morgan fingerprint density at radius 3 is 2.38 bits per heavy atom. The van der Waals surface area contributed by atoms with Crippen molar-refractivity contribution in [3.8, 4) is 11.5 Å². The van der Waals surface area contributed by atoms with Gasteiger partial charge >= 0.3 is 0 Å². The lowest BCUT2D eigenvalue weighted by Crippen LogP contribution is -2.41. The van der Waals surface area contributed by atoms with Crippen LogP contribution in [0.1, 0.15) is 18.5 Å². The van der Waals surface area contributed by atoms with Crippen molar-refractivity contribution in [1.29, 1.82) is 0 Å². The molecule has 1 atom stereocenters. The van der Waals surface area contributed by atoms with Crippen LogP contribution in [0.2, 0.25) is 0 Å². The number of carbonyl (C=O) groups is 1. The lowest BCUT2D eigenvalue weighted by Gasteiger charge is -2.24. The highest BCUT2D eigenvalue weighted by Crippen LogP contribution is 2.29. The fraction of sp³-hybridized carbons (Fsp3) is 0.316. The highest BCUT2D eigenvalue weighted by Gasteiger charge is 2.25. The van der Waals surface area contributed by atoms with E-state index in [0.29, 0.717) is 27.4 Å². The second-order valence-electron chi connectivity index (χ2n) is 6.26. The Kier molecular flexibility index (Phi) is 7.02. The van der Waals surface area contributed by atoms with Gasteiger partial charge in [0.05, 0.1) is 32.2 Å². The Bertz CT molecular complexity index is 998. The Labute approximate surface area is 168 Å². The maximum atomic E-state index is 14.1. The van der Waals surface area contributed by atoms with E-state index in [1.54, 1.807) is 25.1 Å². The minimum absolute atomic E-state index is 0.421. The van der Waals surface area contributed by atoms with Crippen molar-refractivity contribution < 1.29 is 31.5 Å². The van der Waals surface area contributed by atoms with Gasteiger partial charge in [0.1, 0.15) is 29.7 Å². The van der Waals surface area contributed by atoms with Crippen molar-refractivity contribution >= 4 is 21.6 Å². The number of sulfonamides is 1. The number of nitrogens with zero attached hydrogens (tertiary/aromatic N) is 1. The number of hydrogen-bond donors (Lipinski definition) is 1. The van der Waals surface area contributed by atoms with Crippen molar-refractivity contribution in [3.05, 3.63) is 53.6 Å². The largest absolute Gasteiger partial charge is 0.497 e. The molecule has 2 aromatic rings. The number of amides is 1. The molecule has 0 bridgehead atoms. The molecule has 0 saturated carbocycles. The number of halogens is 2. The number of rotatable bonds is 8. The summed E-state index contributed by atoms with van der Waals surface area (Å²) in [5, 5.41) is 2.65. The van der Waals surface area contributed by atoms with Crippen LogP contribution in [-0.2, 0) is 14.8 Å². The van der Waals surface area contributed by atoms with Crippen LogP contribution >= 0.6 is 0 Å². The van der Waals surface area contributed by atoms with E-state index < -0.39 is 45.8 Å². The molecule has 0 aromatic heterocycles. The lowest BCUT2D eigenvalue weighted by molar-refractivity contribution is -0.120. The lowest BCUT2D eigenvalue weighted by atomic mass is 10.1. The zero-order chi connectivity index (χ0) is 21.8. The molecule has 0 radical (unpaired) electrons. The summed E-state index contributed by atoms with van der Waals surface area (Å²) in [5.41, 5.74) is 0.190. The van der Waals surface area contributed by atoms with E-state index in [4.69, 9.17) is 9.47 Å². The van der Waals surface area contributed by atoms with E-state index in [0.717, 1.165) is 18.4 Å². The van der Waals surface area contributed by atoms with E-state index in [9.17, 15) is 22.0 Å². The SMILES string of the molecule is COc1ccc(OC)c([C@@H](C)NC(=O)CN(c2ccc(F)cc2F)S(C)(=O)=O)c1. The average Bonchev–Trinajstić information content (AvgIpc) is 2.65. The molecule has 7 nitrogen and oxygen atoms in total. The number of benzene rings is 2. The summed E-state index contributed by atoms with van der Waals surface area (Å²) in [6, 6.07) is 6.91. The van der Waals surface area contributed by atoms with Gasteiger partial charge in [0, 0.05) is 11.6 Å². The van der Waals surface area contributed by atoms with Crippen molar-refractivity contribution in [2.45, 2.75) is 13.0 Å². The number of methoxy groups -OCH3 is 2. The average molecular weight is 428 g/mol. The van der Waals surface area contributed by atoms with Gasteiger partial charge in [-0.15, -0.1) is 0 Å². The maximum Gasteiger partial charge on any atom is 0.241 e. The van der Waals surface area contributed by atoms with Crippen molar-refractivity contribution in [2.24, 2.45) is 0 Å². The molecule has 10 heteroatoms. The highest BCUT2D eigenvalue weighted by atomic mass is 32.2. The van der Waals surface area contributed by atoms with Crippen molar-refractivity contribution in [1.82, 2.24) is 5.32 Å². The van der Waals surface area contributed by atoms with Crippen LogP contribution in [0.15, 0.2) is 36.4 Å². The molecular formula is C19H22F2N2O5S. The molecule has 0 aliphatic heterocycles. The first kappa shape index (κ1) is 22.4. The van der Waals surface area contributed by atoms with Crippen LogP contribution in [0.3, 0.4) is 0 Å². The summed E-state index contributed by atoms with van der Waals surface area (Å²) in [6.07, 6.45) is 0.831. The zero-order valence-electron chi connectivity index (χ0n) is 16.4. The van der Waals surface area contributed by atoms with Gasteiger partial charge in [-0.1, -0.05) is 0 Å². The number of nitrogens with one attached hydrogen (secondary N) is 1. The van der Waals surface area contributed by atoms with E-state index in [1.807, 2.05) is 0 Å². The second kappa shape index (κ2) is 9.08. The standard InChI is InChI=1S/C19H22F2N2O5S/c1-12(15-10-14(27-2)6-8-18(15)28-3)22-19(24)11-23(29(4,25)26)17-7-5-13(20)9-16(17)21/h5-10,12H,11H2,1-4H3,(H,22,24)/t12-/m1/s1. The van der Waals surface area contributed by atoms with E-state index in [2.05, 4.69) is 5.32 Å². The molecule has 0 saturated heterocycles. The Morgan fingerprint density at radius 2 is 1.83 bits per heavy atom. The summed E-state index contributed by atoms with van der Waals surface area (Å²) in [5.74, 6) is -1.58. The summed E-state index contributed by atoms with van der Waals surface area (Å²) in [7, 11) is -1.04. The predicted molar refractivity (Wildman–Crippen MR) is 105 cm³/mol. The van der Waals surface area contributed by atoms with Crippen LogP contribution in [-0.4, -0.2) is 41.3 Å². The van der Waals surface area contributed by atoms with Gasteiger partial charge in [-0.3, -0.25) is 9.10 Å². The van der Waals surface area contributed by atoms with Gasteiger partial charge in [0.2, 0.25) is 15.9 Å². The van der Waals surface area contributed by atoms with Crippen LogP contribution in [0.5, 0.6) is 11.5 Å². The van der Waals surface area contributed by atoms with Gasteiger partial charge in [0.15, 0.2) is 0 Å². The molecule has 0 unspecified atom stereocenters. The van der Waals surface area contributed by atoms with Gasteiger partial charge in [-0.2, -0.15) is 0 Å². The molecule has 158 valence electrons. The third-order valence-corrected chi connectivity index (χ3v) is 5.27. The second-order valence-corrected chi connectivity index (χ2v) is 8.17. The van der Waals surface area contributed by atoms with E-state index >= 15 is 0 Å². The fourth-order valence-electron chi connectivity index (χ4n) is 2.74. The Morgan fingerprint density at radius 1 is 1.14 bits per heavy atom. The molecule has 0 heterocycles. The number of carbonyl (C=O) groups excluding carboxylic acids is 1. The van der Waals surface area contributed by atoms with E-state index in [1.165, 1.54) is 14.2 Å². The Hall–Kier alpha value is -2.88. The van der Waals surface area contributed by atoms with Crippen LogP contribution < -0.4 is 19.1 Å². The summed E-state index contributed by atoms with van der Waals surface area (Å²) in [4.78, 5) is 12.5. The van der Waals surface area contributed by atoms with Crippen molar-refractivity contribution in [2.75, 3.05) is 31.3 Å². The molecule has 1 N–H and O–H groups in total. The van der Waals surface area contributed by atoms with E-state index in [-0.39, 0.29) is 0 Å². The van der Waals surface area contributed by atoms with Crippen molar-refractivity contribution in [3.63, 3.8) is 0 Å². The van der Waals surface area contributed by atoms with Gasteiger partial charge < -0.3 is 14.8 Å². The zero-order valence-corrected chi connectivity index (χ0v) is 17.2.